The fourth-order valence-corrected chi connectivity index (χ4v) is 7.33. The zero-order valence-electron chi connectivity index (χ0n) is 8.47. The molecule has 0 fully saturated rings. The van der Waals surface area contributed by atoms with Gasteiger partial charge in [-0.3, -0.25) is 0 Å². The monoisotopic (exact) mass is 238 g/mol. The Bertz CT molecular complexity index is 71.5. The van der Waals surface area contributed by atoms with Gasteiger partial charge >= 0.3 is 0 Å². The molecule has 0 aromatic heterocycles. The molecule has 0 N–H and O–H groups in total. The Morgan fingerprint density at radius 2 is 1.25 bits per heavy atom. The molecule has 0 aliphatic rings. The molecule has 0 saturated carbocycles. The molecule has 0 aromatic rings. The van der Waals surface area contributed by atoms with Crippen molar-refractivity contribution in [3.05, 3.63) is 0 Å². The molecule has 0 radical (unpaired) electrons. The molecule has 0 bridgehead atoms. The Labute approximate surface area is 90.7 Å². The van der Waals surface area contributed by atoms with E-state index in [4.69, 9.17) is 0 Å². The van der Waals surface area contributed by atoms with Gasteiger partial charge in [0.2, 0.25) is 0 Å². The second-order valence-corrected chi connectivity index (χ2v) is 11.2. The molecule has 0 saturated heterocycles. The fraction of sp³-hybridized carbons (Fsp3) is 1.00. The van der Waals surface area contributed by atoms with Crippen LogP contribution >= 0.6 is 23.5 Å². The van der Waals surface area contributed by atoms with Crippen molar-refractivity contribution in [1.82, 2.24) is 0 Å². The predicted octanol–water partition coefficient (Wildman–Crippen LogP) is 1.58. The van der Waals surface area contributed by atoms with E-state index in [0.29, 0.717) is 19.0 Å². The van der Waals surface area contributed by atoms with Crippen molar-refractivity contribution < 1.29 is 0 Å². The summed E-state index contributed by atoms with van der Waals surface area (Å²) in [5.74, 6) is 2.82. The maximum atomic E-state index is 2.33. The zero-order valence-corrected chi connectivity index (χ0v) is 12.9. The molecular weight excluding hydrogens is 216 g/mol. The molecule has 0 aliphatic carbocycles. The van der Waals surface area contributed by atoms with Crippen LogP contribution in [0, 0.1) is 0 Å². The Morgan fingerprint density at radius 1 is 0.833 bits per heavy atom. The highest BCUT2D eigenvalue weighted by atomic mass is 32.2. The average molecular weight is 239 g/mol. The Morgan fingerprint density at radius 3 is 1.58 bits per heavy atom. The van der Waals surface area contributed by atoms with Crippen LogP contribution < -0.4 is 0 Å². The quantitative estimate of drug-likeness (QED) is 0.442. The zero-order chi connectivity index (χ0) is 9.07. The molecule has 0 aromatic carbocycles. The lowest BCUT2D eigenvalue weighted by Gasteiger charge is -1.99. The first-order valence-electron chi connectivity index (χ1n) is 5.07. The number of thioether (sulfide) groups is 2. The van der Waals surface area contributed by atoms with Crippen LogP contribution in [0.2, 0.25) is 12.1 Å². The van der Waals surface area contributed by atoms with E-state index in [1.54, 1.807) is 0 Å². The molecule has 0 unspecified atom stereocenters. The summed E-state index contributed by atoms with van der Waals surface area (Å²) < 4.78 is 0. The van der Waals surface area contributed by atoms with Gasteiger partial charge in [-0.15, -0.1) is 0 Å². The van der Waals surface area contributed by atoms with Crippen molar-refractivity contribution in [2.24, 2.45) is 0 Å². The van der Waals surface area contributed by atoms with Gasteiger partial charge < -0.3 is 0 Å². The van der Waals surface area contributed by atoms with E-state index < -0.39 is 0 Å². The van der Waals surface area contributed by atoms with Gasteiger partial charge in [-0.25, -0.2) is 0 Å². The topological polar surface area (TPSA) is 0 Å². The van der Waals surface area contributed by atoms with Crippen molar-refractivity contribution >= 4 is 42.6 Å². The second kappa shape index (κ2) is 12.1. The summed E-state index contributed by atoms with van der Waals surface area (Å²) in [4.78, 5) is 0. The molecule has 74 valence electrons. The summed E-state index contributed by atoms with van der Waals surface area (Å²) in [6.07, 6.45) is 0. The highest BCUT2D eigenvalue weighted by Gasteiger charge is 1.90. The second-order valence-electron chi connectivity index (χ2n) is 2.93. The highest BCUT2D eigenvalue weighted by Crippen LogP contribution is 2.06. The Balaban J connectivity index is 2.73. The third kappa shape index (κ3) is 11.1. The van der Waals surface area contributed by atoms with Gasteiger partial charge in [0.05, 0.1) is 0 Å². The molecular formula is C8H22S2Si2. The fourth-order valence-electron chi connectivity index (χ4n) is 0.815. The lowest BCUT2D eigenvalue weighted by molar-refractivity contribution is 1.44. The van der Waals surface area contributed by atoms with Crippen LogP contribution in [-0.2, 0) is 0 Å². The van der Waals surface area contributed by atoms with Crippen LogP contribution in [0.3, 0.4) is 0 Å². The molecule has 0 aliphatic heterocycles. The van der Waals surface area contributed by atoms with Crippen LogP contribution in [0.1, 0.15) is 13.8 Å². The van der Waals surface area contributed by atoms with E-state index in [-0.39, 0.29) is 0 Å². The molecule has 0 heterocycles. The van der Waals surface area contributed by atoms with Crippen molar-refractivity contribution in [1.29, 1.82) is 0 Å². The summed E-state index contributed by atoms with van der Waals surface area (Å²) in [7, 11) is 0.680. The first kappa shape index (κ1) is 13.1. The standard InChI is InChI=1S/C8H22S2Si2/c1-3-11-7-9-5-6-10-8-12-4-2/h3-8,11-12H2,1-2H3. The van der Waals surface area contributed by atoms with Crippen LogP contribution in [-0.4, -0.2) is 41.3 Å². The van der Waals surface area contributed by atoms with Gasteiger partial charge in [0.25, 0.3) is 0 Å². The van der Waals surface area contributed by atoms with E-state index in [1.165, 1.54) is 34.3 Å². The SMILES string of the molecule is CC[SiH2]CSCCSC[SiH2]CC. The summed E-state index contributed by atoms with van der Waals surface area (Å²) in [6.45, 7) is 4.66. The Kier molecular flexibility index (Phi) is 13.3. The first-order valence-corrected chi connectivity index (χ1v) is 11.4. The summed E-state index contributed by atoms with van der Waals surface area (Å²) >= 11 is 4.38. The van der Waals surface area contributed by atoms with E-state index in [9.17, 15) is 0 Å². The molecule has 0 spiro atoms. The predicted molar refractivity (Wildman–Crippen MR) is 72.7 cm³/mol. The summed E-state index contributed by atoms with van der Waals surface area (Å²) in [6, 6.07) is 2.98. The van der Waals surface area contributed by atoms with E-state index >= 15 is 0 Å². The largest absolute Gasteiger partial charge is 0.165 e. The average Bonchev–Trinajstić information content (AvgIpc) is 2.10. The molecule has 4 heteroatoms. The lowest BCUT2D eigenvalue weighted by Crippen LogP contribution is -1.97. The third-order valence-corrected chi connectivity index (χ3v) is 8.93. The van der Waals surface area contributed by atoms with Crippen LogP contribution in [0.15, 0.2) is 0 Å². The minimum absolute atomic E-state index is 0.340. The maximum Gasteiger partial charge on any atom is 0.0314 e. The van der Waals surface area contributed by atoms with Crippen molar-refractivity contribution in [3.8, 4) is 0 Å². The van der Waals surface area contributed by atoms with Gasteiger partial charge in [0.15, 0.2) is 0 Å². The van der Waals surface area contributed by atoms with Crippen LogP contribution in [0.4, 0.5) is 0 Å². The van der Waals surface area contributed by atoms with Gasteiger partial charge in [-0.1, -0.05) is 25.9 Å². The van der Waals surface area contributed by atoms with Gasteiger partial charge in [-0.2, -0.15) is 23.5 Å². The Hall–Kier alpha value is 1.13. The maximum absolute atomic E-state index is 2.33. The number of hydrogen-bond acceptors (Lipinski definition) is 2. The normalized spacial score (nSPS) is 12.5. The molecule has 0 rings (SSSR count). The molecule has 0 atom stereocenters. The van der Waals surface area contributed by atoms with Crippen molar-refractivity contribution in [2.75, 3.05) is 22.3 Å². The van der Waals surface area contributed by atoms with Gasteiger partial charge in [0.1, 0.15) is 0 Å². The van der Waals surface area contributed by atoms with E-state index in [2.05, 4.69) is 37.4 Å². The number of rotatable bonds is 9. The highest BCUT2D eigenvalue weighted by molar-refractivity contribution is 8.04. The molecule has 0 nitrogen and oxygen atoms in total. The van der Waals surface area contributed by atoms with E-state index in [0.717, 1.165) is 0 Å². The van der Waals surface area contributed by atoms with Gasteiger partial charge in [0, 0.05) is 30.5 Å². The minimum Gasteiger partial charge on any atom is -0.165 e. The van der Waals surface area contributed by atoms with Crippen molar-refractivity contribution in [3.63, 3.8) is 0 Å². The molecule has 0 amide bonds. The van der Waals surface area contributed by atoms with Crippen LogP contribution in [0.25, 0.3) is 0 Å². The van der Waals surface area contributed by atoms with E-state index in [1.807, 2.05) is 0 Å². The van der Waals surface area contributed by atoms with Gasteiger partial charge in [-0.05, 0) is 10.8 Å². The number of hydrogen-bond donors (Lipinski definition) is 0. The molecule has 12 heavy (non-hydrogen) atoms. The first-order chi connectivity index (χ1) is 5.91. The smallest absolute Gasteiger partial charge is 0.0314 e. The lowest BCUT2D eigenvalue weighted by atomic mass is 11.0. The van der Waals surface area contributed by atoms with Crippen LogP contribution in [0.5, 0.6) is 0 Å². The minimum atomic E-state index is 0.340. The summed E-state index contributed by atoms with van der Waals surface area (Å²) in [5, 5.41) is 3.03. The summed E-state index contributed by atoms with van der Waals surface area (Å²) in [5.41, 5.74) is 0. The third-order valence-electron chi connectivity index (χ3n) is 1.66. The van der Waals surface area contributed by atoms with Crippen molar-refractivity contribution in [2.45, 2.75) is 25.9 Å².